The minimum absolute atomic E-state index is 0.190. The molecule has 2 atom stereocenters. The molecule has 0 aromatic carbocycles. The van der Waals surface area contributed by atoms with Gasteiger partial charge in [-0.25, -0.2) is 0 Å². The number of nitrogens with zero attached hydrogens (tertiary/aromatic N) is 1. The lowest BCUT2D eigenvalue weighted by Crippen LogP contribution is -2.43. The Morgan fingerprint density at radius 3 is 2.47 bits per heavy atom. The van der Waals surface area contributed by atoms with Gasteiger partial charge in [0.25, 0.3) is 0 Å². The zero-order chi connectivity index (χ0) is 11.4. The van der Waals surface area contributed by atoms with E-state index >= 15 is 0 Å². The number of carbonyl (C=O) groups is 1. The quantitative estimate of drug-likeness (QED) is 0.768. The Kier molecular flexibility index (Phi) is 4.58. The number of rotatable bonds is 4. The van der Waals surface area contributed by atoms with Gasteiger partial charge in [-0.15, -0.1) is 0 Å². The van der Waals surface area contributed by atoms with E-state index in [2.05, 4.69) is 26.1 Å². The van der Waals surface area contributed by atoms with E-state index in [-0.39, 0.29) is 5.92 Å². The van der Waals surface area contributed by atoms with Crippen LogP contribution in [0.15, 0.2) is 0 Å². The van der Waals surface area contributed by atoms with Gasteiger partial charge in [-0.3, -0.25) is 4.79 Å². The summed E-state index contributed by atoms with van der Waals surface area (Å²) in [6.07, 6.45) is 3.09. The van der Waals surface area contributed by atoms with E-state index in [1.54, 1.807) is 0 Å². The third-order valence-electron chi connectivity index (χ3n) is 3.68. The van der Waals surface area contributed by atoms with Gasteiger partial charge >= 0.3 is 0 Å². The van der Waals surface area contributed by atoms with Crippen molar-refractivity contribution >= 4 is 5.91 Å². The predicted octanol–water partition coefficient (Wildman–Crippen LogP) is 1.63. The number of hydrogen-bond acceptors (Lipinski definition) is 2. The van der Waals surface area contributed by atoms with E-state index < -0.39 is 0 Å². The molecular weight excluding hydrogens is 188 g/mol. The standard InChI is InChI=1S/C12H24N2O/c1-5-10(6-2)14(4)12(15)11-7-8-13-9(11)3/h9-11,13H,5-8H2,1-4H3. The van der Waals surface area contributed by atoms with Crippen LogP contribution >= 0.6 is 0 Å². The summed E-state index contributed by atoms with van der Waals surface area (Å²) < 4.78 is 0. The van der Waals surface area contributed by atoms with Crippen molar-refractivity contribution in [2.75, 3.05) is 13.6 Å². The van der Waals surface area contributed by atoms with Crippen molar-refractivity contribution in [2.24, 2.45) is 5.92 Å². The Balaban J connectivity index is 2.58. The highest BCUT2D eigenvalue weighted by molar-refractivity contribution is 5.80. The van der Waals surface area contributed by atoms with Crippen molar-refractivity contribution in [2.45, 2.75) is 52.1 Å². The molecule has 0 aliphatic carbocycles. The smallest absolute Gasteiger partial charge is 0.227 e. The maximum atomic E-state index is 12.2. The van der Waals surface area contributed by atoms with Crippen molar-refractivity contribution in [1.29, 1.82) is 0 Å². The first-order valence-corrected chi connectivity index (χ1v) is 6.11. The summed E-state index contributed by atoms with van der Waals surface area (Å²) in [5.41, 5.74) is 0. The Bertz CT molecular complexity index is 214. The largest absolute Gasteiger partial charge is 0.343 e. The molecule has 0 bridgehead atoms. The van der Waals surface area contributed by atoms with Gasteiger partial charge in [0.05, 0.1) is 5.92 Å². The lowest BCUT2D eigenvalue weighted by molar-refractivity contribution is -0.136. The minimum Gasteiger partial charge on any atom is -0.343 e. The average molecular weight is 212 g/mol. The van der Waals surface area contributed by atoms with Crippen molar-refractivity contribution in [3.05, 3.63) is 0 Å². The summed E-state index contributed by atoms with van der Waals surface area (Å²) in [7, 11) is 1.95. The fourth-order valence-electron chi connectivity index (χ4n) is 2.47. The third kappa shape index (κ3) is 2.71. The van der Waals surface area contributed by atoms with E-state index in [1.165, 1.54) is 0 Å². The van der Waals surface area contributed by atoms with Gasteiger partial charge in [-0.05, 0) is 32.7 Å². The molecule has 1 fully saturated rings. The van der Waals surface area contributed by atoms with Crippen molar-refractivity contribution in [1.82, 2.24) is 10.2 Å². The molecule has 1 saturated heterocycles. The molecule has 88 valence electrons. The second-order valence-corrected chi connectivity index (χ2v) is 4.56. The monoisotopic (exact) mass is 212 g/mol. The molecule has 1 amide bonds. The van der Waals surface area contributed by atoms with Gasteiger partial charge in [0.2, 0.25) is 5.91 Å². The fraction of sp³-hybridized carbons (Fsp3) is 0.917. The molecule has 1 N–H and O–H groups in total. The Hall–Kier alpha value is -0.570. The minimum atomic E-state index is 0.190. The third-order valence-corrected chi connectivity index (χ3v) is 3.68. The van der Waals surface area contributed by atoms with Gasteiger partial charge in [0.15, 0.2) is 0 Å². The zero-order valence-corrected chi connectivity index (χ0v) is 10.4. The van der Waals surface area contributed by atoms with Crippen LogP contribution < -0.4 is 5.32 Å². The van der Waals surface area contributed by atoms with E-state index in [4.69, 9.17) is 0 Å². The SMILES string of the molecule is CCC(CC)N(C)C(=O)C1CCNC1C. The normalized spacial score (nSPS) is 25.9. The number of hydrogen-bond donors (Lipinski definition) is 1. The van der Waals surface area contributed by atoms with Crippen LogP contribution in [0, 0.1) is 5.92 Å². The molecule has 0 aromatic rings. The second-order valence-electron chi connectivity index (χ2n) is 4.56. The first-order chi connectivity index (χ1) is 7.11. The highest BCUT2D eigenvalue weighted by Gasteiger charge is 2.32. The predicted molar refractivity (Wildman–Crippen MR) is 62.7 cm³/mol. The molecule has 3 heteroatoms. The molecular formula is C12H24N2O. The molecule has 3 nitrogen and oxygen atoms in total. The van der Waals surface area contributed by atoms with Crippen molar-refractivity contribution < 1.29 is 4.79 Å². The Labute approximate surface area is 93.2 Å². The summed E-state index contributed by atoms with van der Waals surface area (Å²) in [5, 5.41) is 3.33. The second kappa shape index (κ2) is 5.50. The maximum absolute atomic E-state index is 12.2. The number of amides is 1. The molecule has 0 saturated carbocycles. The van der Waals surface area contributed by atoms with Gasteiger partial charge in [0.1, 0.15) is 0 Å². The number of carbonyl (C=O) groups excluding carboxylic acids is 1. The molecule has 1 aliphatic rings. The topological polar surface area (TPSA) is 32.3 Å². The van der Waals surface area contributed by atoms with Crippen LogP contribution in [0.25, 0.3) is 0 Å². The molecule has 0 radical (unpaired) electrons. The first-order valence-electron chi connectivity index (χ1n) is 6.11. The molecule has 1 heterocycles. The zero-order valence-electron chi connectivity index (χ0n) is 10.4. The van der Waals surface area contributed by atoms with Gasteiger partial charge < -0.3 is 10.2 Å². The van der Waals surface area contributed by atoms with Crippen LogP contribution in [-0.4, -0.2) is 36.5 Å². The van der Waals surface area contributed by atoms with Crippen LogP contribution in [-0.2, 0) is 4.79 Å². The molecule has 15 heavy (non-hydrogen) atoms. The van der Waals surface area contributed by atoms with E-state index in [1.807, 2.05) is 11.9 Å². The van der Waals surface area contributed by atoms with Crippen molar-refractivity contribution in [3.63, 3.8) is 0 Å². The summed E-state index contributed by atoms with van der Waals surface area (Å²) in [6.45, 7) is 7.38. The first kappa shape index (κ1) is 12.5. The molecule has 0 spiro atoms. The molecule has 1 aliphatic heterocycles. The number of nitrogens with one attached hydrogen (secondary N) is 1. The van der Waals surface area contributed by atoms with Crippen LogP contribution in [0.4, 0.5) is 0 Å². The average Bonchev–Trinajstić information content (AvgIpc) is 2.65. The lowest BCUT2D eigenvalue weighted by Gasteiger charge is -2.30. The molecule has 1 rings (SSSR count). The summed E-state index contributed by atoms with van der Waals surface area (Å²) in [6, 6.07) is 0.750. The Morgan fingerprint density at radius 1 is 1.47 bits per heavy atom. The van der Waals surface area contributed by atoms with Crippen LogP contribution in [0.1, 0.15) is 40.0 Å². The van der Waals surface area contributed by atoms with Crippen LogP contribution in [0.2, 0.25) is 0 Å². The van der Waals surface area contributed by atoms with Gasteiger partial charge in [-0.1, -0.05) is 13.8 Å². The van der Waals surface area contributed by atoms with Crippen molar-refractivity contribution in [3.8, 4) is 0 Å². The highest BCUT2D eigenvalue weighted by atomic mass is 16.2. The fourth-order valence-corrected chi connectivity index (χ4v) is 2.47. The maximum Gasteiger partial charge on any atom is 0.227 e. The van der Waals surface area contributed by atoms with E-state index in [0.717, 1.165) is 25.8 Å². The molecule has 0 aromatic heterocycles. The van der Waals surface area contributed by atoms with E-state index in [0.29, 0.717) is 18.0 Å². The highest BCUT2D eigenvalue weighted by Crippen LogP contribution is 2.20. The van der Waals surface area contributed by atoms with Gasteiger partial charge in [0, 0.05) is 19.1 Å². The van der Waals surface area contributed by atoms with Crippen LogP contribution in [0.3, 0.4) is 0 Å². The Morgan fingerprint density at radius 2 is 2.07 bits per heavy atom. The molecule has 2 unspecified atom stereocenters. The summed E-state index contributed by atoms with van der Waals surface area (Å²) >= 11 is 0. The van der Waals surface area contributed by atoms with Gasteiger partial charge in [-0.2, -0.15) is 0 Å². The summed E-state index contributed by atoms with van der Waals surface area (Å²) in [4.78, 5) is 14.2. The van der Waals surface area contributed by atoms with Crippen LogP contribution in [0.5, 0.6) is 0 Å². The lowest BCUT2D eigenvalue weighted by atomic mass is 9.99. The summed E-state index contributed by atoms with van der Waals surface area (Å²) in [5.74, 6) is 0.511. The van der Waals surface area contributed by atoms with E-state index in [9.17, 15) is 4.79 Å².